The van der Waals surface area contributed by atoms with Crippen LogP contribution in [0.1, 0.15) is 84.5 Å². The lowest BCUT2D eigenvalue weighted by Crippen LogP contribution is -2.50. The molecular weight excluding hydrogens is 358 g/mol. The van der Waals surface area contributed by atoms with E-state index in [4.69, 9.17) is 9.47 Å². The van der Waals surface area contributed by atoms with E-state index in [9.17, 15) is 5.26 Å². The smallest absolute Gasteiger partial charge is 0.157 e. The minimum Gasteiger partial charge on any atom is -0.353 e. The highest BCUT2D eigenvalue weighted by molar-refractivity contribution is 5.31. The Balaban J connectivity index is 1.33. The summed E-state index contributed by atoms with van der Waals surface area (Å²) in [7, 11) is 0. The maximum atomic E-state index is 9.24. The van der Waals surface area contributed by atoms with Crippen LogP contribution in [0.3, 0.4) is 0 Å². The number of nitrogens with zero attached hydrogens (tertiary/aromatic N) is 1. The minimum atomic E-state index is 0.0364. The summed E-state index contributed by atoms with van der Waals surface area (Å²) < 4.78 is 12.2. The standard InChI is InChI=1S/C26H37NO2/c1-25-14-11-23-21(22(25)9-7-18(25)12-15-27)8-6-19-17-20(10-13-26(19,23)2)29-24-5-3-4-16-28-24/h6,12,20-24H,3-5,7-11,13-14,16-17H2,1-2H3/b18-12-/t20-,21-,22-,23-,24+,25+,26-/m0/s1. The fourth-order valence-corrected chi connectivity index (χ4v) is 7.94. The van der Waals surface area contributed by atoms with Gasteiger partial charge in [-0.3, -0.25) is 0 Å². The first kappa shape index (κ1) is 19.8. The van der Waals surface area contributed by atoms with Gasteiger partial charge in [0.1, 0.15) is 0 Å². The lowest BCUT2D eigenvalue weighted by Gasteiger charge is -2.57. The fourth-order valence-electron chi connectivity index (χ4n) is 7.94. The average molecular weight is 396 g/mol. The fraction of sp³-hybridized carbons (Fsp3) is 0.808. The molecule has 0 aromatic carbocycles. The van der Waals surface area contributed by atoms with Gasteiger partial charge >= 0.3 is 0 Å². The topological polar surface area (TPSA) is 42.2 Å². The Bertz CT molecular complexity index is 742. The minimum absolute atomic E-state index is 0.0364. The van der Waals surface area contributed by atoms with Gasteiger partial charge in [-0.1, -0.05) is 31.1 Å². The molecule has 1 heterocycles. The third kappa shape index (κ3) is 3.22. The molecule has 0 unspecified atom stereocenters. The highest BCUT2D eigenvalue weighted by Gasteiger charge is 2.57. The van der Waals surface area contributed by atoms with Crippen molar-refractivity contribution >= 4 is 0 Å². The van der Waals surface area contributed by atoms with E-state index in [1.54, 1.807) is 5.57 Å². The SMILES string of the molecule is C[C@]12CC[C@H](O[C@@H]3CCCCO3)CC1=CC[C@@H]1[C@@H]2CC[C@]2(C)/C(=C\C#N)CC[C@@H]12. The largest absolute Gasteiger partial charge is 0.353 e. The monoisotopic (exact) mass is 395 g/mol. The van der Waals surface area contributed by atoms with Crippen LogP contribution in [-0.2, 0) is 9.47 Å². The maximum absolute atomic E-state index is 9.24. The summed E-state index contributed by atoms with van der Waals surface area (Å²) in [5.74, 6) is 2.38. The Morgan fingerprint density at radius 3 is 2.72 bits per heavy atom. The van der Waals surface area contributed by atoms with E-state index >= 15 is 0 Å². The predicted octanol–water partition coefficient (Wildman–Crippen LogP) is 6.31. The molecule has 0 aromatic heterocycles. The summed E-state index contributed by atoms with van der Waals surface area (Å²) in [5.41, 5.74) is 3.75. The van der Waals surface area contributed by atoms with Crippen molar-refractivity contribution in [2.75, 3.05) is 6.61 Å². The molecule has 0 spiro atoms. The predicted molar refractivity (Wildman–Crippen MR) is 114 cm³/mol. The van der Waals surface area contributed by atoms with Crippen LogP contribution in [0, 0.1) is 39.9 Å². The van der Waals surface area contributed by atoms with Crippen LogP contribution in [-0.4, -0.2) is 19.0 Å². The van der Waals surface area contributed by atoms with Crippen LogP contribution in [0.2, 0.25) is 0 Å². The number of fused-ring (bicyclic) bond motifs is 5. The summed E-state index contributed by atoms with van der Waals surface area (Å²) in [6.45, 7) is 5.89. The lowest BCUT2D eigenvalue weighted by atomic mass is 9.48. The van der Waals surface area contributed by atoms with Gasteiger partial charge in [0.2, 0.25) is 0 Å². The molecule has 29 heavy (non-hydrogen) atoms. The van der Waals surface area contributed by atoms with Crippen LogP contribution in [0.25, 0.3) is 0 Å². The van der Waals surface area contributed by atoms with E-state index < -0.39 is 0 Å². The van der Waals surface area contributed by atoms with Gasteiger partial charge in [0.15, 0.2) is 6.29 Å². The Morgan fingerprint density at radius 1 is 1.10 bits per heavy atom. The first-order chi connectivity index (χ1) is 14.0. The van der Waals surface area contributed by atoms with Crippen LogP contribution in [0.15, 0.2) is 23.3 Å². The molecule has 0 radical (unpaired) electrons. The third-order valence-electron chi connectivity index (χ3n) is 9.63. The highest BCUT2D eigenvalue weighted by atomic mass is 16.7. The zero-order chi connectivity index (χ0) is 20.1. The van der Waals surface area contributed by atoms with Gasteiger partial charge < -0.3 is 9.47 Å². The summed E-state index contributed by atoms with van der Waals surface area (Å²) in [5, 5.41) is 9.24. The van der Waals surface area contributed by atoms with Crippen molar-refractivity contribution in [2.24, 2.45) is 28.6 Å². The molecule has 5 aliphatic rings. The maximum Gasteiger partial charge on any atom is 0.157 e. The molecular formula is C26H37NO2. The Labute approximate surface area is 176 Å². The Hall–Kier alpha value is -1.11. The molecule has 1 saturated heterocycles. The summed E-state index contributed by atoms with van der Waals surface area (Å²) in [4.78, 5) is 0. The summed E-state index contributed by atoms with van der Waals surface area (Å²) in [6.07, 6.45) is 18.2. The van der Waals surface area contributed by atoms with Crippen LogP contribution in [0.4, 0.5) is 0 Å². The van der Waals surface area contributed by atoms with Gasteiger partial charge in [-0.2, -0.15) is 5.26 Å². The quantitative estimate of drug-likeness (QED) is 0.406. The van der Waals surface area contributed by atoms with E-state index in [2.05, 4.69) is 26.0 Å². The Morgan fingerprint density at radius 2 is 1.93 bits per heavy atom. The molecule has 0 aromatic rings. The summed E-state index contributed by atoms with van der Waals surface area (Å²) in [6, 6.07) is 2.33. The molecule has 3 heteroatoms. The van der Waals surface area contributed by atoms with Crippen molar-refractivity contribution in [3.05, 3.63) is 23.3 Å². The second-order valence-electron chi connectivity index (χ2n) is 10.8. The molecule has 3 nitrogen and oxygen atoms in total. The first-order valence-corrected chi connectivity index (χ1v) is 12.1. The normalized spacial score (nSPS) is 48.2. The number of nitriles is 1. The van der Waals surface area contributed by atoms with Crippen LogP contribution in [0.5, 0.6) is 0 Å². The van der Waals surface area contributed by atoms with Crippen LogP contribution < -0.4 is 0 Å². The number of rotatable bonds is 2. The molecule has 4 fully saturated rings. The van der Waals surface area contributed by atoms with Crippen molar-refractivity contribution in [1.82, 2.24) is 0 Å². The van der Waals surface area contributed by atoms with Gasteiger partial charge in [-0.15, -0.1) is 0 Å². The van der Waals surface area contributed by atoms with Crippen molar-refractivity contribution in [1.29, 1.82) is 5.26 Å². The number of ether oxygens (including phenoxy) is 2. The zero-order valence-corrected chi connectivity index (χ0v) is 18.3. The van der Waals surface area contributed by atoms with Crippen molar-refractivity contribution in [2.45, 2.75) is 96.9 Å². The van der Waals surface area contributed by atoms with E-state index in [0.717, 1.165) is 43.6 Å². The molecule has 3 saturated carbocycles. The molecule has 0 N–H and O–H groups in total. The number of hydrogen-bond acceptors (Lipinski definition) is 3. The second kappa shape index (κ2) is 7.54. The average Bonchev–Trinajstić information content (AvgIpc) is 3.06. The molecule has 158 valence electrons. The molecule has 4 aliphatic carbocycles. The van der Waals surface area contributed by atoms with E-state index in [1.807, 2.05) is 6.08 Å². The summed E-state index contributed by atoms with van der Waals surface area (Å²) >= 11 is 0. The van der Waals surface area contributed by atoms with Gasteiger partial charge in [0.25, 0.3) is 0 Å². The van der Waals surface area contributed by atoms with Gasteiger partial charge in [-0.05, 0) is 99.2 Å². The van der Waals surface area contributed by atoms with E-state index in [-0.39, 0.29) is 11.7 Å². The second-order valence-corrected chi connectivity index (χ2v) is 10.8. The highest BCUT2D eigenvalue weighted by Crippen LogP contribution is 2.66. The van der Waals surface area contributed by atoms with E-state index in [1.165, 1.54) is 56.9 Å². The Kier molecular flexibility index (Phi) is 5.16. The van der Waals surface area contributed by atoms with Crippen LogP contribution >= 0.6 is 0 Å². The molecule has 0 amide bonds. The number of allylic oxidation sites excluding steroid dienone is 3. The third-order valence-corrected chi connectivity index (χ3v) is 9.63. The van der Waals surface area contributed by atoms with Crippen molar-refractivity contribution in [3.8, 4) is 6.07 Å². The van der Waals surface area contributed by atoms with Gasteiger partial charge in [0.05, 0.1) is 12.2 Å². The van der Waals surface area contributed by atoms with Gasteiger partial charge in [0, 0.05) is 12.7 Å². The molecule has 7 atom stereocenters. The molecule has 1 aliphatic heterocycles. The van der Waals surface area contributed by atoms with E-state index in [0.29, 0.717) is 11.5 Å². The van der Waals surface area contributed by atoms with Crippen molar-refractivity contribution in [3.63, 3.8) is 0 Å². The molecule has 5 rings (SSSR count). The van der Waals surface area contributed by atoms with Gasteiger partial charge in [-0.25, -0.2) is 0 Å². The van der Waals surface area contributed by atoms with Crippen molar-refractivity contribution < 1.29 is 9.47 Å². The lowest BCUT2D eigenvalue weighted by molar-refractivity contribution is -0.195. The molecule has 0 bridgehead atoms. The zero-order valence-electron chi connectivity index (χ0n) is 18.3. The first-order valence-electron chi connectivity index (χ1n) is 12.1. The number of hydrogen-bond donors (Lipinski definition) is 0.